The first kappa shape index (κ1) is 25.8. The number of carbonyl (C=O) groups is 3. The van der Waals surface area contributed by atoms with Crippen LogP contribution in [0, 0.1) is 11.8 Å². The molecule has 0 spiro atoms. The standard InChI is InChI=1S/C26H29N7O4/c1-31-13-10-26(37,25(31)36)9-7-17-8-12-29-21(15-17)33-20-6-5-18(14-19(20)23(30-33)24(28)35)16-32(2)22(34)4-3-11-27/h5-6,8,12,14-15,37H,3-4,10-11,13,16,27H2,1-2H3,(H2,28,35). The van der Waals surface area contributed by atoms with Crippen LogP contribution in [0.15, 0.2) is 36.5 Å². The van der Waals surface area contributed by atoms with E-state index < -0.39 is 17.4 Å². The highest BCUT2D eigenvalue weighted by molar-refractivity contribution is 6.04. The van der Waals surface area contributed by atoms with E-state index in [0.29, 0.717) is 54.8 Å². The van der Waals surface area contributed by atoms with Gasteiger partial charge < -0.3 is 26.4 Å². The molecular weight excluding hydrogens is 474 g/mol. The van der Waals surface area contributed by atoms with Gasteiger partial charge in [-0.15, -0.1) is 0 Å². The molecule has 3 aromatic rings. The molecule has 4 rings (SSSR count). The Morgan fingerprint density at radius 3 is 2.73 bits per heavy atom. The van der Waals surface area contributed by atoms with Gasteiger partial charge in [-0.1, -0.05) is 17.9 Å². The third-order valence-corrected chi connectivity index (χ3v) is 6.30. The van der Waals surface area contributed by atoms with Crippen LogP contribution >= 0.6 is 0 Å². The van der Waals surface area contributed by atoms with Gasteiger partial charge in [-0.05, 0) is 42.8 Å². The van der Waals surface area contributed by atoms with Crippen molar-refractivity contribution < 1.29 is 19.5 Å². The van der Waals surface area contributed by atoms with Gasteiger partial charge in [0.05, 0.1) is 5.52 Å². The highest BCUT2D eigenvalue weighted by Gasteiger charge is 2.42. The molecule has 1 atom stereocenters. The zero-order valence-electron chi connectivity index (χ0n) is 20.8. The van der Waals surface area contributed by atoms with Crippen molar-refractivity contribution in [1.82, 2.24) is 24.6 Å². The van der Waals surface area contributed by atoms with E-state index in [-0.39, 0.29) is 18.0 Å². The van der Waals surface area contributed by atoms with Crippen LogP contribution in [0.2, 0.25) is 0 Å². The summed E-state index contributed by atoms with van der Waals surface area (Å²) in [7, 11) is 3.33. The topological polar surface area (TPSA) is 161 Å². The molecule has 1 aliphatic heterocycles. The predicted octanol–water partition coefficient (Wildman–Crippen LogP) is 0.161. The minimum absolute atomic E-state index is 0.0194. The van der Waals surface area contributed by atoms with E-state index in [0.717, 1.165) is 5.56 Å². The Kier molecular flexibility index (Phi) is 7.24. The largest absolute Gasteiger partial charge is 0.369 e. The Labute approximate surface area is 214 Å². The van der Waals surface area contributed by atoms with E-state index in [1.165, 1.54) is 15.8 Å². The molecule has 0 saturated carbocycles. The van der Waals surface area contributed by atoms with Crippen LogP contribution in [0.25, 0.3) is 16.7 Å². The molecule has 1 saturated heterocycles. The Morgan fingerprint density at radius 2 is 2.05 bits per heavy atom. The van der Waals surface area contributed by atoms with Crippen LogP contribution in [0.4, 0.5) is 0 Å². The van der Waals surface area contributed by atoms with Crippen molar-refractivity contribution in [3.63, 3.8) is 0 Å². The lowest BCUT2D eigenvalue weighted by Crippen LogP contribution is -2.37. The number of likely N-dealkylation sites (N-methyl/N-ethyl adjacent to an activating group) is 1. The van der Waals surface area contributed by atoms with E-state index in [2.05, 4.69) is 21.9 Å². The van der Waals surface area contributed by atoms with Gasteiger partial charge in [-0.25, -0.2) is 9.67 Å². The maximum Gasteiger partial charge on any atom is 0.269 e. The second kappa shape index (κ2) is 10.4. The van der Waals surface area contributed by atoms with Crippen molar-refractivity contribution >= 4 is 28.6 Å². The maximum absolute atomic E-state index is 12.3. The zero-order valence-corrected chi connectivity index (χ0v) is 20.8. The Hall–Kier alpha value is -4.27. The smallest absolute Gasteiger partial charge is 0.269 e. The van der Waals surface area contributed by atoms with Gasteiger partial charge in [0.2, 0.25) is 11.5 Å². The van der Waals surface area contributed by atoms with Gasteiger partial charge >= 0.3 is 0 Å². The Bertz CT molecular complexity index is 1440. The highest BCUT2D eigenvalue weighted by Crippen LogP contribution is 2.24. The normalized spacial score (nSPS) is 17.1. The van der Waals surface area contributed by atoms with Crippen LogP contribution in [0.3, 0.4) is 0 Å². The van der Waals surface area contributed by atoms with Gasteiger partial charge in [-0.3, -0.25) is 14.4 Å². The number of nitrogens with two attached hydrogens (primary N) is 2. The number of benzene rings is 1. The molecule has 192 valence electrons. The first-order valence-corrected chi connectivity index (χ1v) is 11.9. The summed E-state index contributed by atoms with van der Waals surface area (Å²) in [5, 5.41) is 15.5. The second-order valence-corrected chi connectivity index (χ2v) is 9.11. The van der Waals surface area contributed by atoms with Crippen molar-refractivity contribution in [3.05, 3.63) is 53.3 Å². The molecule has 0 aliphatic carbocycles. The number of aliphatic hydroxyl groups is 1. The number of fused-ring (bicyclic) bond motifs is 1. The number of nitrogens with zero attached hydrogens (tertiary/aromatic N) is 5. The molecule has 0 bridgehead atoms. The monoisotopic (exact) mass is 503 g/mol. The van der Waals surface area contributed by atoms with E-state index in [1.54, 1.807) is 43.3 Å². The fraction of sp³-hybridized carbons (Fsp3) is 0.346. The molecule has 1 aromatic carbocycles. The van der Waals surface area contributed by atoms with Gasteiger partial charge in [0.15, 0.2) is 11.5 Å². The van der Waals surface area contributed by atoms with Crippen LogP contribution in [-0.2, 0) is 16.1 Å². The lowest BCUT2D eigenvalue weighted by molar-refractivity contribution is -0.137. The maximum atomic E-state index is 12.3. The lowest BCUT2D eigenvalue weighted by atomic mass is 10.0. The summed E-state index contributed by atoms with van der Waals surface area (Å²) in [6, 6.07) is 8.72. The summed E-state index contributed by atoms with van der Waals surface area (Å²) < 4.78 is 1.49. The van der Waals surface area contributed by atoms with Crippen molar-refractivity contribution in [1.29, 1.82) is 0 Å². The molecule has 3 heterocycles. The zero-order chi connectivity index (χ0) is 26.7. The number of hydrogen-bond donors (Lipinski definition) is 3. The van der Waals surface area contributed by atoms with E-state index in [1.807, 2.05) is 6.07 Å². The summed E-state index contributed by atoms with van der Waals surface area (Å²) in [4.78, 5) is 44.1. The average Bonchev–Trinajstić information content (AvgIpc) is 3.39. The number of rotatable bonds is 7. The highest BCUT2D eigenvalue weighted by atomic mass is 16.3. The molecule has 2 aromatic heterocycles. The Morgan fingerprint density at radius 1 is 1.27 bits per heavy atom. The van der Waals surface area contributed by atoms with Gasteiger partial charge in [0, 0.05) is 57.2 Å². The molecule has 11 heteroatoms. The number of aromatic nitrogens is 3. The summed E-state index contributed by atoms with van der Waals surface area (Å²) in [6.07, 6.45) is 2.74. The van der Waals surface area contributed by atoms with E-state index >= 15 is 0 Å². The quantitative estimate of drug-likeness (QED) is 0.387. The van der Waals surface area contributed by atoms with Crippen LogP contribution < -0.4 is 11.5 Å². The number of pyridine rings is 1. The van der Waals surface area contributed by atoms with Gasteiger partial charge in [-0.2, -0.15) is 5.10 Å². The molecule has 5 N–H and O–H groups in total. The minimum Gasteiger partial charge on any atom is -0.369 e. The summed E-state index contributed by atoms with van der Waals surface area (Å²) in [6.45, 7) is 1.23. The van der Waals surface area contributed by atoms with Crippen molar-refractivity contribution in [2.24, 2.45) is 11.5 Å². The summed E-state index contributed by atoms with van der Waals surface area (Å²) in [5.74, 6) is 4.78. The Balaban J connectivity index is 1.66. The predicted molar refractivity (Wildman–Crippen MR) is 136 cm³/mol. The average molecular weight is 504 g/mol. The number of amides is 3. The number of primary amides is 1. The van der Waals surface area contributed by atoms with E-state index in [4.69, 9.17) is 11.5 Å². The van der Waals surface area contributed by atoms with Crippen molar-refractivity contribution in [2.45, 2.75) is 31.4 Å². The first-order chi connectivity index (χ1) is 17.6. The summed E-state index contributed by atoms with van der Waals surface area (Å²) in [5.41, 5.74) is 11.4. The molecule has 1 aliphatic rings. The molecule has 1 fully saturated rings. The lowest BCUT2D eigenvalue weighted by Gasteiger charge is -2.17. The fourth-order valence-corrected chi connectivity index (χ4v) is 4.18. The number of likely N-dealkylation sites (tertiary alicyclic amines) is 1. The van der Waals surface area contributed by atoms with Gasteiger partial charge in [0.25, 0.3) is 11.8 Å². The molecule has 1 unspecified atom stereocenters. The minimum atomic E-state index is -1.72. The summed E-state index contributed by atoms with van der Waals surface area (Å²) >= 11 is 0. The molecule has 0 radical (unpaired) electrons. The van der Waals surface area contributed by atoms with E-state index in [9.17, 15) is 19.5 Å². The molecule has 37 heavy (non-hydrogen) atoms. The van der Waals surface area contributed by atoms with Crippen LogP contribution in [-0.4, -0.2) is 80.2 Å². The van der Waals surface area contributed by atoms with Crippen LogP contribution in [0.5, 0.6) is 0 Å². The van der Waals surface area contributed by atoms with Crippen molar-refractivity contribution in [2.75, 3.05) is 27.2 Å². The molecule has 11 nitrogen and oxygen atoms in total. The van der Waals surface area contributed by atoms with Gasteiger partial charge in [0.1, 0.15) is 0 Å². The fourth-order valence-electron chi connectivity index (χ4n) is 4.18. The first-order valence-electron chi connectivity index (χ1n) is 11.9. The second-order valence-electron chi connectivity index (χ2n) is 9.11. The van der Waals surface area contributed by atoms with Crippen molar-refractivity contribution in [3.8, 4) is 17.7 Å². The SMILES string of the molecule is CN(Cc1ccc2c(c1)c(C(N)=O)nn2-c1cc(C#CC2(O)CCN(C)C2=O)ccn1)C(=O)CCCN. The third kappa shape index (κ3) is 5.30. The third-order valence-electron chi connectivity index (χ3n) is 6.30. The molecular formula is C26H29N7O4. The molecule has 3 amide bonds. The van der Waals surface area contributed by atoms with Crippen LogP contribution in [0.1, 0.15) is 40.9 Å². The number of hydrogen-bond acceptors (Lipinski definition) is 7. The number of carbonyl (C=O) groups excluding carboxylic acids is 3.